The molecule has 1 rings (SSSR count). The van der Waals surface area contributed by atoms with Crippen molar-refractivity contribution in [2.75, 3.05) is 6.61 Å². The van der Waals surface area contributed by atoms with Gasteiger partial charge in [-0.2, -0.15) is 0 Å². The van der Waals surface area contributed by atoms with Crippen LogP contribution >= 0.6 is 0 Å². The number of carbonyl (C=O) groups is 1. The number of rotatable bonds is 2. The largest absolute Gasteiger partial charge is 0.450 e. The van der Waals surface area contributed by atoms with E-state index in [1.807, 2.05) is 0 Å². The van der Waals surface area contributed by atoms with Crippen LogP contribution in [0.3, 0.4) is 0 Å². The summed E-state index contributed by atoms with van der Waals surface area (Å²) in [6, 6.07) is 0. The molecule has 1 saturated carbocycles. The van der Waals surface area contributed by atoms with Crippen molar-refractivity contribution in [2.45, 2.75) is 19.3 Å². The predicted molar refractivity (Wildman–Crippen MR) is 37.5 cm³/mol. The lowest BCUT2D eigenvalue weighted by Crippen LogP contribution is -2.09. The van der Waals surface area contributed by atoms with Crippen molar-refractivity contribution in [3.05, 3.63) is 0 Å². The number of alkyl halides is 2. The Hall–Kier alpha value is -1.11. The predicted octanol–water partition coefficient (Wildman–Crippen LogP) is 1.21. The smallest absolute Gasteiger partial charge is 0.384 e. The number of carbonyl (C=O) groups excluding carboxylic acids is 1. The fourth-order valence-electron chi connectivity index (χ4n) is 0.563. The van der Waals surface area contributed by atoms with E-state index in [-0.39, 0.29) is 5.92 Å². The van der Waals surface area contributed by atoms with E-state index in [0.717, 1.165) is 12.8 Å². The second-order valence-electron chi connectivity index (χ2n) is 2.53. The van der Waals surface area contributed by atoms with Crippen molar-refractivity contribution in [2.24, 2.45) is 5.92 Å². The number of halogens is 2. The van der Waals surface area contributed by atoms with E-state index >= 15 is 0 Å². The van der Waals surface area contributed by atoms with Crippen molar-refractivity contribution in [3.63, 3.8) is 0 Å². The minimum Gasteiger partial charge on any atom is -0.450 e. The first-order valence-corrected chi connectivity index (χ1v) is 3.65. The Kier molecular flexibility index (Phi) is 3.03. The first kappa shape index (κ1) is 8.98. The van der Waals surface area contributed by atoms with Crippen molar-refractivity contribution in [1.29, 1.82) is 0 Å². The highest BCUT2D eigenvalue weighted by Crippen LogP contribution is 2.27. The van der Waals surface area contributed by atoms with Crippen LogP contribution in [-0.2, 0) is 9.53 Å². The van der Waals surface area contributed by atoms with Gasteiger partial charge in [-0.15, -0.1) is 0 Å². The Morgan fingerprint density at radius 3 is 2.75 bits per heavy atom. The van der Waals surface area contributed by atoms with Gasteiger partial charge in [0, 0.05) is 11.8 Å². The highest BCUT2D eigenvalue weighted by atomic mass is 19.3. The van der Waals surface area contributed by atoms with E-state index in [4.69, 9.17) is 0 Å². The molecule has 0 heterocycles. The van der Waals surface area contributed by atoms with Crippen LogP contribution in [0.5, 0.6) is 0 Å². The Bertz CT molecular complexity index is 223. The molecular weight excluding hydrogens is 166 g/mol. The molecule has 66 valence electrons. The van der Waals surface area contributed by atoms with E-state index in [9.17, 15) is 13.6 Å². The third kappa shape index (κ3) is 3.91. The molecule has 0 amide bonds. The topological polar surface area (TPSA) is 26.3 Å². The van der Waals surface area contributed by atoms with Gasteiger partial charge in [0.25, 0.3) is 6.43 Å². The molecule has 0 atom stereocenters. The van der Waals surface area contributed by atoms with Crippen LogP contribution in [0.25, 0.3) is 0 Å². The Morgan fingerprint density at radius 2 is 2.25 bits per heavy atom. The van der Waals surface area contributed by atoms with E-state index < -0.39 is 19.0 Å². The van der Waals surface area contributed by atoms with Crippen LogP contribution in [0.15, 0.2) is 0 Å². The number of hydrogen-bond acceptors (Lipinski definition) is 2. The summed E-state index contributed by atoms with van der Waals surface area (Å²) in [5.74, 6) is 4.19. The van der Waals surface area contributed by atoms with E-state index in [1.54, 1.807) is 0 Å². The second-order valence-corrected chi connectivity index (χ2v) is 2.53. The van der Waals surface area contributed by atoms with Crippen molar-refractivity contribution >= 4 is 5.97 Å². The molecule has 2 nitrogen and oxygen atoms in total. The third-order valence-corrected chi connectivity index (χ3v) is 1.30. The molecule has 1 aliphatic rings. The summed E-state index contributed by atoms with van der Waals surface area (Å²) >= 11 is 0. The first-order valence-electron chi connectivity index (χ1n) is 3.65. The van der Waals surface area contributed by atoms with Crippen molar-refractivity contribution < 1.29 is 18.3 Å². The molecule has 0 aromatic rings. The molecule has 0 aliphatic heterocycles. The number of ether oxygens (including phenoxy) is 1. The van der Waals surface area contributed by atoms with Gasteiger partial charge in [-0.1, -0.05) is 5.92 Å². The van der Waals surface area contributed by atoms with E-state index in [0.29, 0.717) is 0 Å². The van der Waals surface area contributed by atoms with Gasteiger partial charge >= 0.3 is 5.97 Å². The van der Waals surface area contributed by atoms with Gasteiger partial charge in [0.1, 0.15) is 0 Å². The molecule has 0 unspecified atom stereocenters. The van der Waals surface area contributed by atoms with E-state index in [2.05, 4.69) is 16.6 Å². The van der Waals surface area contributed by atoms with Gasteiger partial charge in [0.2, 0.25) is 0 Å². The average molecular weight is 174 g/mol. The highest BCUT2D eigenvalue weighted by Gasteiger charge is 2.18. The molecule has 1 fully saturated rings. The standard InChI is InChI=1S/C8H8F2O2/c9-7(10)5-12-8(11)4-3-6-1-2-6/h6-7H,1-2,5H2. The van der Waals surface area contributed by atoms with Crippen molar-refractivity contribution in [1.82, 2.24) is 0 Å². The fraction of sp³-hybridized carbons (Fsp3) is 0.625. The lowest BCUT2D eigenvalue weighted by atomic mass is 10.4. The minimum absolute atomic E-state index is 0.282. The minimum atomic E-state index is -2.61. The summed E-state index contributed by atoms with van der Waals surface area (Å²) in [6.07, 6.45) is -0.624. The van der Waals surface area contributed by atoms with Gasteiger partial charge in [-0.05, 0) is 12.8 Å². The quantitative estimate of drug-likeness (QED) is 0.357. The number of hydrogen-bond donors (Lipinski definition) is 0. The van der Waals surface area contributed by atoms with Gasteiger partial charge in [-0.3, -0.25) is 0 Å². The molecular formula is C8H8F2O2. The zero-order valence-electron chi connectivity index (χ0n) is 6.35. The van der Waals surface area contributed by atoms with Gasteiger partial charge < -0.3 is 4.74 Å². The van der Waals surface area contributed by atoms with E-state index in [1.165, 1.54) is 0 Å². The summed E-state index contributed by atoms with van der Waals surface area (Å²) in [6.45, 7) is -0.863. The maximum atomic E-state index is 11.5. The highest BCUT2D eigenvalue weighted by molar-refractivity contribution is 5.88. The zero-order chi connectivity index (χ0) is 8.97. The summed E-state index contributed by atoms with van der Waals surface area (Å²) in [4.78, 5) is 10.6. The lowest BCUT2D eigenvalue weighted by Gasteiger charge is -1.96. The van der Waals surface area contributed by atoms with Crippen LogP contribution < -0.4 is 0 Å². The number of esters is 1. The monoisotopic (exact) mass is 174 g/mol. The maximum Gasteiger partial charge on any atom is 0.384 e. The summed E-state index contributed by atoms with van der Waals surface area (Å²) in [5, 5.41) is 0. The van der Waals surface area contributed by atoms with Crippen molar-refractivity contribution in [3.8, 4) is 11.8 Å². The molecule has 0 bridgehead atoms. The molecule has 0 N–H and O–H groups in total. The fourth-order valence-corrected chi connectivity index (χ4v) is 0.563. The van der Waals surface area contributed by atoms with Gasteiger partial charge in [0.05, 0.1) is 0 Å². The summed E-state index contributed by atoms with van der Waals surface area (Å²) in [5.41, 5.74) is 0. The molecule has 0 aromatic carbocycles. The maximum absolute atomic E-state index is 11.5. The molecule has 0 radical (unpaired) electrons. The average Bonchev–Trinajstić information content (AvgIpc) is 2.80. The third-order valence-electron chi connectivity index (χ3n) is 1.30. The Morgan fingerprint density at radius 1 is 1.58 bits per heavy atom. The van der Waals surface area contributed by atoms with Crippen LogP contribution in [0, 0.1) is 17.8 Å². The lowest BCUT2D eigenvalue weighted by molar-refractivity contribution is -0.140. The van der Waals surface area contributed by atoms with Gasteiger partial charge in [0.15, 0.2) is 6.61 Å². The van der Waals surface area contributed by atoms with Crippen LogP contribution in [0.2, 0.25) is 0 Å². The summed E-state index contributed by atoms with van der Waals surface area (Å²) < 4.78 is 27.1. The molecule has 1 aliphatic carbocycles. The Balaban J connectivity index is 2.15. The second kappa shape index (κ2) is 4.05. The molecule has 12 heavy (non-hydrogen) atoms. The molecule has 0 aromatic heterocycles. The molecule has 4 heteroatoms. The summed E-state index contributed by atoms with van der Waals surface area (Å²) in [7, 11) is 0. The molecule has 0 spiro atoms. The first-order chi connectivity index (χ1) is 5.68. The van der Waals surface area contributed by atoms with Crippen LogP contribution in [0.1, 0.15) is 12.8 Å². The van der Waals surface area contributed by atoms with Gasteiger partial charge in [-0.25, -0.2) is 13.6 Å². The SMILES string of the molecule is O=C(C#CC1CC1)OCC(F)F. The molecule has 0 saturated heterocycles. The van der Waals surface area contributed by atoms with Crippen LogP contribution in [-0.4, -0.2) is 19.0 Å². The Labute approximate surface area is 68.9 Å². The van der Waals surface area contributed by atoms with Crippen LogP contribution in [0.4, 0.5) is 8.78 Å². The normalized spacial score (nSPS) is 15.2. The zero-order valence-corrected chi connectivity index (χ0v) is 6.35.